The average molecular weight is 327 g/mol. The summed E-state index contributed by atoms with van der Waals surface area (Å²) in [6.45, 7) is 4.39. The first kappa shape index (κ1) is 15.1. The van der Waals surface area contributed by atoms with Gasteiger partial charge in [0.05, 0.1) is 6.04 Å². The number of hydrogen-bond donors (Lipinski definition) is 1. The molecule has 2 fully saturated rings. The van der Waals surface area contributed by atoms with Gasteiger partial charge in [-0.2, -0.15) is 0 Å². The summed E-state index contributed by atoms with van der Waals surface area (Å²) in [6.07, 6.45) is 3.40. The molecule has 7 heteroatoms. The molecule has 1 N–H and O–H groups in total. The first-order chi connectivity index (χ1) is 10.1. The maximum atomic E-state index is 12.8. The number of carbonyl (C=O) groups excluding carboxylic acids is 1. The third-order valence-corrected chi connectivity index (χ3v) is 6.58. The largest absolute Gasteiger partial charge is 0.330 e. The monoisotopic (exact) mass is 327 g/mol. The van der Waals surface area contributed by atoms with Crippen molar-refractivity contribution in [1.29, 1.82) is 0 Å². The van der Waals surface area contributed by atoms with Gasteiger partial charge >= 0.3 is 0 Å². The first-order valence-electron chi connectivity index (χ1n) is 7.43. The molecule has 0 radical (unpaired) electrons. The average Bonchev–Trinajstić information content (AvgIpc) is 2.94. The van der Waals surface area contributed by atoms with E-state index >= 15 is 0 Å². The third kappa shape index (κ3) is 3.35. The number of rotatable bonds is 2. The molecule has 0 saturated carbocycles. The van der Waals surface area contributed by atoms with Crippen LogP contribution in [0.4, 0.5) is 0 Å². The first-order valence-corrected chi connectivity index (χ1v) is 9.74. The van der Waals surface area contributed by atoms with Crippen LogP contribution < -0.4 is 5.32 Å². The molecule has 1 aromatic heterocycles. The number of nitrogens with zero attached hydrogens (tertiary/aromatic N) is 2. The van der Waals surface area contributed by atoms with Crippen molar-refractivity contribution in [2.45, 2.75) is 25.8 Å². The fourth-order valence-corrected chi connectivity index (χ4v) is 5.18. The van der Waals surface area contributed by atoms with E-state index in [0.29, 0.717) is 11.5 Å². The minimum absolute atomic E-state index is 0.0457. The van der Waals surface area contributed by atoms with Gasteiger partial charge in [-0.05, 0) is 19.8 Å². The molecular weight excluding hydrogens is 306 g/mol. The highest BCUT2D eigenvalue weighted by Crippen LogP contribution is 2.29. The van der Waals surface area contributed by atoms with Gasteiger partial charge in [-0.15, -0.1) is 11.3 Å². The van der Waals surface area contributed by atoms with Crippen LogP contribution in [0.2, 0.25) is 0 Å². The van der Waals surface area contributed by atoms with Crippen molar-refractivity contribution in [3.8, 4) is 0 Å². The van der Waals surface area contributed by atoms with Crippen LogP contribution in [0.3, 0.4) is 0 Å². The van der Waals surface area contributed by atoms with Crippen molar-refractivity contribution in [2.24, 2.45) is 5.92 Å². The number of aryl methyl sites for hydroxylation is 1. The second-order valence-corrected chi connectivity index (χ2v) is 8.65. The van der Waals surface area contributed by atoms with Gasteiger partial charge in [0.15, 0.2) is 0 Å². The summed E-state index contributed by atoms with van der Waals surface area (Å²) in [4.78, 5) is 20.5. The highest BCUT2D eigenvalue weighted by molar-refractivity contribution is 7.85. The number of piperazine rings is 1. The van der Waals surface area contributed by atoms with Crippen LogP contribution in [-0.2, 0) is 15.6 Å². The van der Waals surface area contributed by atoms with Crippen molar-refractivity contribution < 1.29 is 9.00 Å². The number of hydrogen-bond acceptors (Lipinski definition) is 5. The Morgan fingerprint density at radius 1 is 1.48 bits per heavy atom. The zero-order valence-electron chi connectivity index (χ0n) is 12.2. The molecule has 3 heterocycles. The predicted molar refractivity (Wildman–Crippen MR) is 84.8 cm³/mol. The van der Waals surface area contributed by atoms with Gasteiger partial charge in [0.2, 0.25) is 5.91 Å². The SMILES string of the molecule is Cc1cnc(C2CNCCN2C(=O)C2CCS(=O)CC2)s1. The maximum absolute atomic E-state index is 12.8. The lowest BCUT2D eigenvalue weighted by molar-refractivity contribution is -0.139. The Bertz CT molecular complexity index is 536. The summed E-state index contributed by atoms with van der Waals surface area (Å²) in [5, 5.41) is 4.38. The van der Waals surface area contributed by atoms with E-state index in [4.69, 9.17) is 0 Å². The Hall–Kier alpha value is -0.790. The molecule has 1 aromatic rings. The van der Waals surface area contributed by atoms with E-state index in [9.17, 15) is 9.00 Å². The van der Waals surface area contributed by atoms with Crippen LogP contribution in [0.15, 0.2) is 6.20 Å². The zero-order valence-corrected chi connectivity index (χ0v) is 13.8. The van der Waals surface area contributed by atoms with E-state index in [0.717, 1.165) is 37.5 Å². The van der Waals surface area contributed by atoms with E-state index in [1.54, 1.807) is 11.3 Å². The molecule has 1 atom stereocenters. The molecule has 0 aromatic carbocycles. The van der Waals surface area contributed by atoms with Gasteiger partial charge in [-0.25, -0.2) is 4.98 Å². The fourth-order valence-electron chi connectivity index (χ4n) is 2.99. The standard InChI is InChI=1S/C14H21N3O2S2/c1-10-8-16-13(20-10)12-9-15-4-5-17(12)14(18)11-2-6-21(19)7-3-11/h8,11-12,15H,2-7,9H2,1H3. The topological polar surface area (TPSA) is 62.3 Å². The predicted octanol–water partition coefficient (Wildman–Crippen LogP) is 1.08. The van der Waals surface area contributed by atoms with Crippen molar-refractivity contribution in [1.82, 2.24) is 15.2 Å². The summed E-state index contributed by atoms with van der Waals surface area (Å²) in [5.74, 6) is 1.61. The molecule has 2 saturated heterocycles. The van der Waals surface area contributed by atoms with Crippen LogP contribution >= 0.6 is 11.3 Å². The Morgan fingerprint density at radius 3 is 2.90 bits per heavy atom. The van der Waals surface area contributed by atoms with Gasteiger partial charge in [0.1, 0.15) is 5.01 Å². The Labute approximate surface area is 131 Å². The fraction of sp³-hybridized carbons (Fsp3) is 0.714. The zero-order chi connectivity index (χ0) is 14.8. The molecule has 2 aliphatic heterocycles. The number of amides is 1. The molecule has 5 nitrogen and oxygen atoms in total. The van der Waals surface area contributed by atoms with Gasteiger partial charge in [-0.3, -0.25) is 9.00 Å². The van der Waals surface area contributed by atoms with Crippen molar-refractivity contribution in [2.75, 3.05) is 31.1 Å². The van der Waals surface area contributed by atoms with Gasteiger partial charge in [0, 0.05) is 58.9 Å². The Morgan fingerprint density at radius 2 is 2.24 bits per heavy atom. The minimum Gasteiger partial charge on any atom is -0.330 e. The summed E-state index contributed by atoms with van der Waals surface area (Å²) < 4.78 is 11.5. The summed E-state index contributed by atoms with van der Waals surface area (Å²) in [6, 6.07) is 0.0531. The summed E-state index contributed by atoms with van der Waals surface area (Å²) >= 11 is 1.67. The molecule has 1 amide bonds. The second kappa shape index (κ2) is 6.54. The van der Waals surface area contributed by atoms with E-state index < -0.39 is 10.8 Å². The van der Waals surface area contributed by atoms with E-state index in [-0.39, 0.29) is 17.9 Å². The minimum atomic E-state index is -0.717. The van der Waals surface area contributed by atoms with Gasteiger partial charge < -0.3 is 10.2 Å². The quantitative estimate of drug-likeness (QED) is 0.883. The van der Waals surface area contributed by atoms with Crippen LogP contribution in [0, 0.1) is 12.8 Å². The summed E-state index contributed by atoms with van der Waals surface area (Å²) in [5.41, 5.74) is 0. The van der Waals surface area contributed by atoms with E-state index in [1.807, 2.05) is 18.0 Å². The van der Waals surface area contributed by atoms with E-state index in [1.165, 1.54) is 4.88 Å². The maximum Gasteiger partial charge on any atom is 0.226 e. The Balaban J connectivity index is 1.74. The normalized spacial score (nSPS) is 30.3. The smallest absolute Gasteiger partial charge is 0.226 e. The highest BCUT2D eigenvalue weighted by Gasteiger charge is 2.35. The van der Waals surface area contributed by atoms with E-state index in [2.05, 4.69) is 10.3 Å². The molecule has 0 bridgehead atoms. The summed E-state index contributed by atoms with van der Waals surface area (Å²) in [7, 11) is -0.717. The highest BCUT2D eigenvalue weighted by atomic mass is 32.2. The van der Waals surface area contributed by atoms with Crippen LogP contribution in [0.25, 0.3) is 0 Å². The van der Waals surface area contributed by atoms with Crippen LogP contribution in [0.1, 0.15) is 28.8 Å². The van der Waals surface area contributed by atoms with Crippen molar-refractivity contribution >= 4 is 28.0 Å². The third-order valence-electron chi connectivity index (χ3n) is 4.19. The molecule has 3 rings (SSSR count). The molecule has 21 heavy (non-hydrogen) atoms. The molecule has 1 unspecified atom stereocenters. The number of thiazole rings is 1. The number of aromatic nitrogens is 1. The number of nitrogens with one attached hydrogen (secondary N) is 1. The van der Waals surface area contributed by atoms with Crippen LogP contribution in [0.5, 0.6) is 0 Å². The van der Waals surface area contributed by atoms with Crippen LogP contribution in [-0.4, -0.2) is 51.1 Å². The molecular formula is C14H21N3O2S2. The molecule has 116 valence electrons. The lowest BCUT2D eigenvalue weighted by Crippen LogP contribution is -2.51. The lowest BCUT2D eigenvalue weighted by atomic mass is 9.99. The lowest BCUT2D eigenvalue weighted by Gasteiger charge is -2.38. The molecule has 0 spiro atoms. The second-order valence-electron chi connectivity index (χ2n) is 5.68. The molecule has 2 aliphatic rings. The van der Waals surface area contributed by atoms with Crippen molar-refractivity contribution in [3.05, 3.63) is 16.1 Å². The number of carbonyl (C=O) groups is 1. The van der Waals surface area contributed by atoms with Gasteiger partial charge in [-0.1, -0.05) is 0 Å². The van der Waals surface area contributed by atoms with Crippen molar-refractivity contribution in [3.63, 3.8) is 0 Å². The molecule has 0 aliphatic carbocycles. The van der Waals surface area contributed by atoms with Gasteiger partial charge in [0.25, 0.3) is 0 Å². The Kier molecular flexibility index (Phi) is 4.71.